The Balaban J connectivity index is 2.34. The number of rotatable bonds is 2. The van der Waals surface area contributed by atoms with Crippen molar-refractivity contribution in [2.24, 2.45) is 0 Å². The van der Waals surface area contributed by atoms with Crippen LogP contribution in [0.25, 0.3) is 11.1 Å². The quantitative estimate of drug-likeness (QED) is 0.889. The fourth-order valence-electron chi connectivity index (χ4n) is 3.10. The number of aromatic nitrogens is 1. The molecule has 1 aromatic heterocycles. The highest BCUT2D eigenvalue weighted by Crippen LogP contribution is 2.51. The summed E-state index contributed by atoms with van der Waals surface area (Å²) in [7, 11) is 0. The van der Waals surface area contributed by atoms with E-state index in [-0.39, 0.29) is 11.4 Å². The summed E-state index contributed by atoms with van der Waals surface area (Å²) in [5.41, 5.74) is 3.53. The zero-order chi connectivity index (χ0) is 14.3. The second kappa shape index (κ2) is 4.51. The van der Waals surface area contributed by atoms with E-state index in [1.807, 2.05) is 25.3 Å². The van der Waals surface area contributed by atoms with Gasteiger partial charge in [0, 0.05) is 18.0 Å². The first kappa shape index (κ1) is 13.0. The lowest BCUT2D eigenvalue weighted by atomic mass is 9.81. The number of nitrogens with zero attached hydrogens (tertiary/aromatic N) is 1. The molecule has 0 bridgehead atoms. The Morgan fingerprint density at radius 2 is 2.00 bits per heavy atom. The van der Waals surface area contributed by atoms with Gasteiger partial charge in [0.05, 0.1) is 5.56 Å². The lowest BCUT2D eigenvalue weighted by Crippen LogP contribution is -2.35. The van der Waals surface area contributed by atoms with E-state index in [0.717, 1.165) is 40.8 Å². The molecular weight excluding hydrogens is 250 g/mol. The van der Waals surface area contributed by atoms with Crippen LogP contribution in [0, 0.1) is 6.92 Å². The van der Waals surface area contributed by atoms with Crippen molar-refractivity contribution in [1.29, 1.82) is 0 Å². The lowest BCUT2D eigenvalue weighted by molar-refractivity contribution is 0.0539. The summed E-state index contributed by atoms with van der Waals surface area (Å²) in [6, 6.07) is 5.74. The van der Waals surface area contributed by atoms with Crippen LogP contribution >= 0.6 is 0 Å². The van der Waals surface area contributed by atoms with E-state index in [1.54, 1.807) is 12.3 Å². The van der Waals surface area contributed by atoms with Crippen LogP contribution in [0.5, 0.6) is 11.5 Å². The molecule has 1 aliphatic heterocycles. The first-order valence-corrected chi connectivity index (χ1v) is 7.08. The number of hydrogen-bond donors (Lipinski definition) is 1. The number of fused-ring (bicyclic) bond motifs is 3. The number of pyridine rings is 1. The summed E-state index contributed by atoms with van der Waals surface area (Å²) in [5, 5.41) is 10.3. The van der Waals surface area contributed by atoms with Crippen LogP contribution in [-0.2, 0) is 5.60 Å². The maximum absolute atomic E-state index is 10.3. The van der Waals surface area contributed by atoms with Gasteiger partial charge in [-0.1, -0.05) is 13.8 Å². The predicted octanol–water partition coefficient (Wildman–Crippen LogP) is 4.17. The minimum atomic E-state index is -0.350. The standard InChI is InChI=1S/C17H19NO2/c1-4-17(5-2)13-10-18-7-6-12(13)16-14(19)8-11(3)9-15(16)20-17/h6-10,19H,4-5H2,1-3H3. The average Bonchev–Trinajstić information content (AvgIpc) is 2.45. The molecule has 0 amide bonds. The number of ether oxygens (including phenoxy) is 1. The number of phenolic OH excluding ortho intramolecular Hbond substituents is 1. The molecule has 1 N–H and O–H groups in total. The van der Waals surface area contributed by atoms with E-state index in [9.17, 15) is 5.11 Å². The molecular formula is C17H19NO2. The zero-order valence-corrected chi connectivity index (χ0v) is 12.1. The van der Waals surface area contributed by atoms with Crippen molar-refractivity contribution >= 4 is 0 Å². The third-order valence-electron chi connectivity index (χ3n) is 4.25. The van der Waals surface area contributed by atoms with E-state index in [1.165, 1.54) is 0 Å². The van der Waals surface area contributed by atoms with E-state index in [0.29, 0.717) is 0 Å². The first-order chi connectivity index (χ1) is 9.61. The Hall–Kier alpha value is -2.03. The monoisotopic (exact) mass is 269 g/mol. The molecule has 0 unspecified atom stereocenters. The number of aromatic hydroxyl groups is 1. The van der Waals surface area contributed by atoms with Crippen LogP contribution in [0.2, 0.25) is 0 Å². The fourth-order valence-corrected chi connectivity index (χ4v) is 3.10. The Morgan fingerprint density at radius 3 is 2.70 bits per heavy atom. The largest absolute Gasteiger partial charge is 0.507 e. The molecule has 0 aliphatic carbocycles. The van der Waals surface area contributed by atoms with Gasteiger partial charge in [0.1, 0.15) is 17.1 Å². The second-order valence-corrected chi connectivity index (χ2v) is 5.38. The molecule has 3 heteroatoms. The molecule has 1 aromatic carbocycles. The van der Waals surface area contributed by atoms with Crippen molar-refractivity contribution in [2.45, 2.75) is 39.2 Å². The van der Waals surface area contributed by atoms with E-state index >= 15 is 0 Å². The molecule has 0 saturated carbocycles. The molecule has 1 aliphatic rings. The second-order valence-electron chi connectivity index (χ2n) is 5.38. The van der Waals surface area contributed by atoms with Crippen LogP contribution < -0.4 is 4.74 Å². The van der Waals surface area contributed by atoms with Gasteiger partial charge in [0.15, 0.2) is 0 Å². The SMILES string of the molecule is CCC1(CC)Oc2cc(C)cc(O)c2-c2ccncc21. The smallest absolute Gasteiger partial charge is 0.136 e. The van der Waals surface area contributed by atoms with Gasteiger partial charge in [-0.2, -0.15) is 0 Å². The molecule has 2 aromatic rings. The maximum atomic E-state index is 10.3. The van der Waals surface area contributed by atoms with Gasteiger partial charge in [-0.05, 0) is 49.1 Å². The maximum Gasteiger partial charge on any atom is 0.136 e. The third-order valence-corrected chi connectivity index (χ3v) is 4.25. The van der Waals surface area contributed by atoms with Crippen molar-refractivity contribution in [3.63, 3.8) is 0 Å². The van der Waals surface area contributed by atoms with Crippen LogP contribution in [-0.4, -0.2) is 10.1 Å². The molecule has 0 atom stereocenters. The van der Waals surface area contributed by atoms with Gasteiger partial charge < -0.3 is 9.84 Å². The molecule has 20 heavy (non-hydrogen) atoms. The molecule has 0 saturated heterocycles. The normalized spacial score (nSPS) is 15.2. The van der Waals surface area contributed by atoms with E-state index in [2.05, 4.69) is 18.8 Å². The lowest BCUT2D eigenvalue weighted by Gasteiger charge is -2.39. The van der Waals surface area contributed by atoms with Crippen molar-refractivity contribution in [3.8, 4) is 22.6 Å². The summed E-state index contributed by atoms with van der Waals surface area (Å²) >= 11 is 0. The summed E-state index contributed by atoms with van der Waals surface area (Å²) < 4.78 is 6.31. The summed E-state index contributed by atoms with van der Waals surface area (Å²) in [4.78, 5) is 4.25. The summed E-state index contributed by atoms with van der Waals surface area (Å²) in [6.45, 7) is 6.22. The average molecular weight is 269 g/mol. The van der Waals surface area contributed by atoms with Crippen molar-refractivity contribution in [3.05, 3.63) is 41.7 Å². The minimum absolute atomic E-state index is 0.272. The molecule has 2 heterocycles. The van der Waals surface area contributed by atoms with Crippen LogP contribution in [0.15, 0.2) is 30.6 Å². The third kappa shape index (κ3) is 1.69. The van der Waals surface area contributed by atoms with Crippen molar-refractivity contribution in [1.82, 2.24) is 4.98 Å². The Labute approximate surface area is 119 Å². The zero-order valence-electron chi connectivity index (χ0n) is 12.1. The number of aryl methyl sites for hydroxylation is 1. The van der Waals surface area contributed by atoms with Crippen molar-refractivity contribution in [2.75, 3.05) is 0 Å². The Bertz CT molecular complexity index is 660. The number of hydrogen-bond acceptors (Lipinski definition) is 3. The highest BCUT2D eigenvalue weighted by atomic mass is 16.5. The fraction of sp³-hybridized carbons (Fsp3) is 0.353. The van der Waals surface area contributed by atoms with E-state index in [4.69, 9.17) is 4.74 Å². The minimum Gasteiger partial charge on any atom is -0.507 e. The first-order valence-electron chi connectivity index (χ1n) is 7.08. The highest BCUT2D eigenvalue weighted by molar-refractivity contribution is 5.81. The molecule has 3 rings (SSSR count). The molecule has 0 fully saturated rings. The van der Waals surface area contributed by atoms with E-state index < -0.39 is 0 Å². The van der Waals surface area contributed by atoms with Gasteiger partial charge in [0.25, 0.3) is 0 Å². The van der Waals surface area contributed by atoms with Gasteiger partial charge >= 0.3 is 0 Å². The van der Waals surface area contributed by atoms with Gasteiger partial charge in [0.2, 0.25) is 0 Å². The number of benzene rings is 1. The summed E-state index contributed by atoms with van der Waals surface area (Å²) in [6.07, 6.45) is 5.38. The molecule has 0 radical (unpaired) electrons. The van der Waals surface area contributed by atoms with Crippen LogP contribution in [0.4, 0.5) is 0 Å². The highest BCUT2D eigenvalue weighted by Gasteiger charge is 2.39. The van der Waals surface area contributed by atoms with Gasteiger partial charge in [-0.3, -0.25) is 4.98 Å². The van der Waals surface area contributed by atoms with Crippen molar-refractivity contribution < 1.29 is 9.84 Å². The molecule has 0 spiro atoms. The van der Waals surface area contributed by atoms with Gasteiger partial charge in [-0.15, -0.1) is 0 Å². The Kier molecular flexibility index (Phi) is 2.93. The predicted molar refractivity (Wildman–Crippen MR) is 79.0 cm³/mol. The Morgan fingerprint density at radius 1 is 1.25 bits per heavy atom. The summed E-state index contributed by atoms with van der Waals surface area (Å²) in [5.74, 6) is 1.04. The van der Waals surface area contributed by atoms with Crippen LogP contribution in [0.1, 0.15) is 37.8 Å². The number of phenols is 1. The van der Waals surface area contributed by atoms with Crippen LogP contribution in [0.3, 0.4) is 0 Å². The van der Waals surface area contributed by atoms with Gasteiger partial charge in [-0.25, -0.2) is 0 Å². The molecule has 104 valence electrons. The molecule has 3 nitrogen and oxygen atoms in total. The topological polar surface area (TPSA) is 42.4 Å².